The summed E-state index contributed by atoms with van der Waals surface area (Å²) in [7, 11) is -4.41. The summed E-state index contributed by atoms with van der Waals surface area (Å²) in [5, 5.41) is 4.36. The first-order valence-electron chi connectivity index (χ1n) is 7.78. The minimum absolute atomic E-state index is 0.0150. The van der Waals surface area contributed by atoms with E-state index in [4.69, 9.17) is 4.74 Å². The van der Waals surface area contributed by atoms with Crippen LogP contribution >= 0.6 is 0 Å². The summed E-state index contributed by atoms with van der Waals surface area (Å²) in [5.41, 5.74) is 0. The third kappa shape index (κ3) is 6.00. The lowest BCUT2D eigenvalue weighted by Gasteiger charge is -2.14. The van der Waals surface area contributed by atoms with Gasteiger partial charge in [0.05, 0.1) is 17.3 Å². The third-order valence-corrected chi connectivity index (χ3v) is 6.96. The number of rotatable bonds is 8. The lowest BCUT2D eigenvalue weighted by molar-refractivity contribution is -0.565. The normalized spacial score (nSPS) is 18.2. The van der Waals surface area contributed by atoms with Crippen LogP contribution in [0.2, 0.25) is 25.7 Å². The number of benzene rings is 1. The molecule has 2 rings (SSSR count). The molecule has 7 heteroatoms. The molecule has 0 N–H and O–H groups in total. The predicted octanol–water partition coefficient (Wildman–Crippen LogP) is 3.13. The Hall–Kier alpha value is -1.31. The maximum Gasteiger partial charge on any atom is 0.278 e. The molecule has 0 spiro atoms. The van der Waals surface area contributed by atoms with Crippen LogP contribution in [0, 0.1) is 0 Å². The minimum Gasteiger partial charge on any atom is -0.322 e. The van der Waals surface area contributed by atoms with Crippen LogP contribution in [0.5, 0.6) is 0 Å². The molecule has 0 fully saturated rings. The van der Waals surface area contributed by atoms with Gasteiger partial charge in [0.1, 0.15) is 0 Å². The number of nitrogens with zero attached hydrogens (tertiary/aromatic N) is 2. The van der Waals surface area contributed by atoms with E-state index >= 15 is 0 Å². The van der Waals surface area contributed by atoms with Gasteiger partial charge in [0, 0.05) is 14.1 Å². The fourth-order valence-electron chi connectivity index (χ4n) is 2.12. The number of azo groups is 2. The maximum atomic E-state index is 12.3. The average Bonchev–Trinajstić information content (AvgIpc) is 2.90. The molecule has 1 atom stereocenters. The summed E-state index contributed by atoms with van der Waals surface area (Å²) in [4.78, 5) is 0.341. The van der Waals surface area contributed by atoms with E-state index in [0.29, 0.717) is 11.6 Å². The molecule has 0 saturated carbocycles. The van der Waals surface area contributed by atoms with Gasteiger partial charge < -0.3 is 4.74 Å². The topological polar surface area (TPSA) is 58.7 Å². The number of sulfone groups is 1. The molecule has 126 valence electrons. The summed E-state index contributed by atoms with van der Waals surface area (Å²) in [6, 6.07) is 9.26. The van der Waals surface area contributed by atoms with Crippen molar-refractivity contribution in [1.82, 2.24) is 0 Å². The van der Waals surface area contributed by atoms with Crippen molar-refractivity contribution in [2.24, 2.45) is 5.11 Å². The second-order valence-corrected chi connectivity index (χ2v) is 14.6. The van der Waals surface area contributed by atoms with E-state index in [1.807, 2.05) is 6.08 Å². The molecule has 5 nitrogen and oxygen atoms in total. The van der Waals surface area contributed by atoms with Crippen LogP contribution in [0.1, 0.15) is 0 Å². The van der Waals surface area contributed by atoms with Gasteiger partial charge in [0.2, 0.25) is 0 Å². The predicted molar refractivity (Wildman–Crippen MR) is 93.1 cm³/mol. The van der Waals surface area contributed by atoms with Crippen LogP contribution in [0.25, 0.3) is 0 Å². The molecular weight excluding hydrogens is 328 g/mol. The lowest BCUT2D eigenvalue weighted by Crippen LogP contribution is -2.22. The zero-order valence-corrected chi connectivity index (χ0v) is 15.8. The van der Waals surface area contributed by atoms with E-state index in [9.17, 15) is 8.42 Å². The molecular formula is C16H25N2O3SSi+. The highest BCUT2D eigenvalue weighted by molar-refractivity contribution is 7.91. The standard InChI is InChI=1S/C16H25N2O3SSi/c1-23(2,3)12-11-21-14-18-10-9-15(17-18)13-22(19,20)16-7-5-4-6-8-16/h4-10,15H,11-14H2,1-3H3/q+1. The molecule has 0 saturated heterocycles. The highest BCUT2D eigenvalue weighted by Crippen LogP contribution is 2.15. The molecule has 0 amide bonds. The zero-order chi connectivity index (χ0) is 16.9. The first-order chi connectivity index (χ1) is 10.8. The molecule has 1 aromatic rings. The first kappa shape index (κ1) is 18.0. The van der Waals surface area contributed by atoms with Gasteiger partial charge >= 0.3 is 0 Å². The van der Waals surface area contributed by atoms with Gasteiger partial charge in [-0.05, 0) is 23.3 Å². The van der Waals surface area contributed by atoms with Crippen molar-refractivity contribution in [1.29, 1.82) is 0 Å². The fourth-order valence-corrected chi connectivity index (χ4v) is 4.27. The van der Waals surface area contributed by atoms with Crippen molar-refractivity contribution in [3.05, 3.63) is 42.6 Å². The summed E-state index contributed by atoms with van der Waals surface area (Å²) in [6.07, 6.45) is 3.60. The van der Waals surface area contributed by atoms with E-state index in [-0.39, 0.29) is 11.8 Å². The lowest BCUT2D eigenvalue weighted by atomic mass is 10.4. The highest BCUT2D eigenvalue weighted by Gasteiger charge is 2.26. The molecule has 0 aromatic heterocycles. The monoisotopic (exact) mass is 353 g/mol. The van der Waals surface area contributed by atoms with Gasteiger partial charge in [-0.25, -0.2) is 8.42 Å². The van der Waals surface area contributed by atoms with Crippen molar-refractivity contribution in [2.75, 3.05) is 19.1 Å². The zero-order valence-electron chi connectivity index (χ0n) is 14.0. The van der Waals surface area contributed by atoms with Crippen molar-refractivity contribution in [2.45, 2.75) is 36.6 Å². The van der Waals surface area contributed by atoms with Gasteiger partial charge in [-0.1, -0.05) is 42.5 Å². The Morgan fingerprint density at radius 1 is 1.22 bits per heavy atom. The molecule has 0 bridgehead atoms. The molecule has 1 unspecified atom stereocenters. The highest BCUT2D eigenvalue weighted by atomic mass is 32.2. The summed E-state index contributed by atoms with van der Waals surface area (Å²) in [5.74, 6) is -0.0150. The second-order valence-electron chi connectivity index (χ2n) is 6.91. The molecule has 1 heterocycles. The van der Waals surface area contributed by atoms with Crippen LogP contribution in [-0.4, -0.2) is 46.3 Å². The molecule has 0 aliphatic carbocycles. The molecule has 1 aliphatic rings. The Morgan fingerprint density at radius 3 is 2.57 bits per heavy atom. The van der Waals surface area contributed by atoms with E-state index < -0.39 is 17.9 Å². The van der Waals surface area contributed by atoms with E-state index in [0.717, 1.165) is 12.7 Å². The average molecular weight is 354 g/mol. The summed E-state index contributed by atoms with van der Waals surface area (Å²) < 4.78 is 32.0. The van der Waals surface area contributed by atoms with E-state index in [1.165, 1.54) is 0 Å². The maximum absolute atomic E-state index is 12.3. The minimum atomic E-state index is -3.32. The third-order valence-electron chi connectivity index (χ3n) is 3.49. The Kier molecular flexibility index (Phi) is 5.88. The SMILES string of the molecule is C[Si](C)(C)CCOC[N+]1=NC(CS(=O)(=O)c2ccccc2)C=C1. The Labute approximate surface area is 139 Å². The molecule has 1 aromatic carbocycles. The van der Waals surface area contributed by atoms with Crippen molar-refractivity contribution < 1.29 is 17.9 Å². The Balaban J connectivity index is 1.85. The Bertz CT molecular complexity index is 679. The van der Waals surface area contributed by atoms with Crippen LogP contribution in [-0.2, 0) is 14.6 Å². The van der Waals surface area contributed by atoms with Gasteiger partial charge in [-0.15, -0.1) is 0 Å². The van der Waals surface area contributed by atoms with Crippen molar-refractivity contribution in [3.63, 3.8) is 0 Å². The number of ether oxygens (including phenoxy) is 1. The van der Waals surface area contributed by atoms with E-state index in [2.05, 4.69) is 24.8 Å². The molecule has 0 radical (unpaired) electrons. The summed E-state index contributed by atoms with van der Waals surface area (Å²) >= 11 is 0. The quantitative estimate of drug-likeness (QED) is 0.410. The van der Waals surface area contributed by atoms with Crippen LogP contribution in [0.15, 0.2) is 52.6 Å². The first-order valence-corrected chi connectivity index (χ1v) is 13.1. The van der Waals surface area contributed by atoms with Crippen LogP contribution in [0.4, 0.5) is 0 Å². The molecule has 23 heavy (non-hydrogen) atoms. The Morgan fingerprint density at radius 2 is 1.91 bits per heavy atom. The number of hydrogen-bond acceptors (Lipinski definition) is 4. The summed E-state index contributed by atoms with van der Waals surface area (Å²) in [6.45, 7) is 8.02. The number of hydrogen-bond donors (Lipinski definition) is 0. The van der Waals surface area contributed by atoms with Gasteiger partial charge in [0.25, 0.3) is 6.73 Å². The van der Waals surface area contributed by atoms with Crippen molar-refractivity contribution in [3.8, 4) is 0 Å². The largest absolute Gasteiger partial charge is 0.322 e. The van der Waals surface area contributed by atoms with Crippen LogP contribution in [0.3, 0.4) is 0 Å². The van der Waals surface area contributed by atoms with Gasteiger partial charge in [0.15, 0.2) is 22.1 Å². The van der Waals surface area contributed by atoms with Crippen LogP contribution < -0.4 is 0 Å². The smallest absolute Gasteiger partial charge is 0.278 e. The van der Waals surface area contributed by atoms with Gasteiger partial charge in [-0.3, -0.25) is 0 Å². The van der Waals surface area contributed by atoms with E-state index in [1.54, 1.807) is 41.2 Å². The molecule has 1 aliphatic heterocycles. The van der Waals surface area contributed by atoms with Crippen molar-refractivity contribution >= 4 is 17.9 Å². The second kappa shape index (κ2) is 7.50. The van der Waals surface area contributed by atoms with Gasteiger partial charge in [-0.2, -0.15) is 0 Å². The fraction of sp³-hybridized carbons (Fsp3) is 0.500.